The number of amides is 4. The van der Waals surface area contributed by atoms with Crippen molar-refractivity contribution in [2.45, 2.75) is 24.9 Å². The van der Waals surface area contributed by atoms with Gasteiger partial charge in [0.2, 0.25) is 0 Å². The Morgan fingerprint density at radius 3 is 1.25 bits per heavy atom. The van der Waals surface area contributed by atoms with E-state index in [0.29, 0.717) is 40.4 Å². The number of nitrogens with one attached hydrogen (secondary N) is 2. The molecule has 0 aliphatic heterocycles. The lowest BCUT2D eigenvalue weighted by Crippen LogP contribution is -2.53. The first-order valence-corrected chi connectivity index (χ1v) is 17.6. The van der Waals surface area contributed by atoms with Crippen LogP contribution in [0.25, 0.3) is 0 Å². The number of rotatable bonds is 16. The number of carbonyl (C=O) groups is 4. The van der Waals surface area contributed by atoms with Gasteiger partial charge in [0.1, 0.15) is 23.0 Å². The Hall–Kier alpha value is -6.12. The summed E-state index contributed by atoms with van der Waals surface area (Å²) in [6.07, 6.45) is -0.486. The van der Waals surface area contributed by atoms with Gasteiger partial charge in [-0.05, 0) is 86.9 Å². The largest absolute Gasteiger partial charge is 0.550 e. The van der Waals surface area contributed by atoms with Gasteiger partial charge in [0.05, 0.1) is 33.7 Å². The second kappa shape index (κ2) is 20.9. The molecule has 0 aliphatic rings. The number of urea groups is 2. The molecule has 4 aromatic carbocycles. The number of nitrogens with zero attached hydrogens (tertiary/aromatic N) is 4. The molecular weight excluding hydrogens is 704 g/mol. The van der Waals surface area contributed by atoms with E-state index in [-0.39, 0.29) is 24.9 Å². The molecule has 0 saturated carbocycles. The number of benzene rings is 4. The van der Waals surface area contributed by atoms with Crippen LogP contribution in [0.3, 0.4) is 0 Å². The Kier molecular flexibility index (Phi) is 16.5. The highest BCUT2D eigenvalue weighted by Gasteiger charge is 2.23. The number of anilines is 2. The van der Waals surface area contributed by atoms with Gasteiger partial charge in [0, 0.05) is 62.8 Å². The predicted octanol–water partition coefficient (Wildman–Crippen LogP) is 3.53. The first-order valence-electron chi connectivity index (χ1n) is 17.6. The monoisotopic (exact) mass is 755 g/mol. The van der Waals surface area contributed by atoms with Gasteiger partial charge in [-0.3, -0.25) is 9.80 Å². The number of quaternary nitrogens is 1. The van der Waals surface area contributed by atoms with Crippen molar-refractivity contribution in [3.05, 3.63) is 109 Å². The summed E-state index contributed by atoms with van der Waals surface area (Å²) in [5.41, 5.74) is 1.32. The third-order valence-corrected chi connectivity index (χ3v) is 7.85. The second-order valence-corrected chi connectivity index (χ2v) is 14.1. The highest BCUT2D eigenvalue weighted by atomic mass is 16.5. The van der Waals surface area contributed by atoms with E-state index in [1.807, 2.05) is 101 Å². The molecule has 14 heteroatoms. The Morgan fingerprint density at radius 1 is 0.564 bits per heavy atom. The molecule has 0 saturated heterocycles. The zero-order valence-corrected chi connectivity index (χ0v) is 32.4. The molecule has 0 bridgehead atoms. The fourth-order valence-electron chi connectivity index (χ4n) is 5.33. The maximum Gasteiger partial charge on any atom is 0.322 e. The fraction of sp³-hybridized carbons (Fsp3) is 0.317. The lowest BCUT2D eigenvalue weighted by Gasteiger charge is -2.31. The van der Waals surface area contributed by atoms with Crippen molar-refractivity contribution in [1.82, 2.24) is 15.5 Å². The Balaban J connectivity index is 0.000000296. The minimum Gasteiger partial charge on any atom is -0.550 e. The van der Waals surface area contributed by atoms with E-state index in [1.165, 1.54) is 9.80 Å². The van der Waals surface area contributed by atoms with Gasteiger partial charge >= 0.3 is 12.1 Å². The lowest BCUT2D eigenvalue weighted by atomic mass is 10.2. The van der Waals surface area contributed by atoms with Crippen LogP contribution in [-0.2, 0) is 9.59 Å². The van der Waals surface area contributed by atoms with Crippen LogP contribution in [0, 0.1) is 0 Å². The quantitative estimate of drug-likeness (QED) is 0.163. The number of hydrogen-bond donors (Lipinski definition) is 2. The first-order chi connectivity index (χ1) is 26.0. The molecule has 0 heterocycles. The van der Waals surface area contributed by atoms with Crippen molar-refractivity contribution < 1.29 is 43.3 Å². The standard InChI is InChI=1S/C21H27N3O4.C20H25N3O4/c1-23(21(27)22-16(14-20(25)26)15-24(2,3)4)17-10-12-19(13-11-17)28-18-8-6-5-7-9-18;1-22(2)14-15(13-19(24)25)21-20(26)23(3)16-9-11-18(12-10-16)27-17-7-5-4-6-8-17/h5-13,16H,14-15H2,1-4H3,(H-,22,25,26,27);4-12,15H,13-14H2,1-3H3,(H,21,26)(H,24,25)/p-1/t16-;15-/m11/s1. The third kappa shape index (κ3) is 16.2. The van der Waals surface area contributed by atoms with Crippen molar-refractivity contribution in [3.8, 4) is 23.0 Å². The summed E-state index contributed by atoms with van der Waals surface area (Å²) in [5.74, 6) is 0.373. The molecule has 0 aliphatic carbocycles. The summed E-state index contributed by atoms with van der Waals surface area (Å²) in [5, 5.41) is 27.4. The van der Waals surface area contributed by atoms with Gasteiger partial charge in [-0.15, -0.1) is 0 Å². The number of aliphatic carboxylic acids is 2. The van der Waals surface area contributed by atoms with Crippen molar-refractivity contribution in [1.29, 1.82) is 0 Å². The van der Waals surface area contributed by atoms with Gasteiger partial charge in [-0.1, -0.05) is 36.4 Å². The molecule has 0 radical (unpaired) electrons. The van der Waals surface area contributed by atoms with E-state index < -0.39 is 24.0 Å². The lowest BCUT2D eigenvalue weighted by molar-refractivity contribution is -0.871. The fourth-order valence-corrected chi connectivity index (χ4v) is 5.33. The van der Waals surface area contributed by atoms with Crippen molar-refractivity contribution in [2.75, 3.05) is 72.2 Å². The first kappa shape index (κ1) is 43.3. The summed E-state index contributed by atoms with van der Waals surface area (Å²) in [4.78, 5) is 51.6. The highest BCUT2D eigenvalue weighted by molar-refractivity contribution is 5.92. The molecular formula is C41H51N6O8-. The van der Waals surface area contributed by atoms with Crippen molar-refractivity contribution in [3.63, 3.8) is 0 Å². The average molecular weight is 756 g/mol. The topological polar surface area (TPSA) is 167 Å². The van der Waals surface area contributed by atoms with E-state index in [0.717, 1.165) is 11.5 Å². The highest BCUT2D eigenvalue weighted by Crippen LogP contribution is 2.25. The maximum absolute atomic E-state index is 12.6. The maximum atomic E-state index is 12.6. The molecule has 4 rings (SSSR count). The molecule has 294 valence electrons. The van der Waals surface area contributed by atoms with Crippen LogP contribution in [0.1, 0.15) is 12.8 Å². The molecule has 0 fully saturated rings. The molecule has 55 heavy (non-hydrogen) atoms. The Bertz CT molecular complexity index is 1800. The van der Waals surface area contributed by atoms with E-state index in [4.69, 9.17) is 9.47 Å². The summed E-state index contributed by atoms with van der Waals surface area (Å²) < 4.78 is 12.0. The number of ether oxygens (including phenoxy) is 2. The smallest absolute Gasteiger partial charge is 0.322 e. The van der Waals surface area contributed by atoms with Crippen LogP contribution in [-0.4, -0.2) is 108 Å². The molecule has 4 aromatic rings. The van der Waals surface area contributed by atoms with Gasteiger partial charge in [0.25, 0.3) is 0 Å². The van der Waals surface area contributed by atoms with E-state index in [9.17, 15) is 29.4 Å². The zero-order valence-electron chi connectivity index (χ0n) is 32.4. The number of carbonyl (C=O) groups excluding carboxylic acids is 4. The van der Waals surface area contributed by atoms with Crippen molar-refractivity contribution >= 4 is 35.4 Å². The summed E-state index contributed by atoms with van der Waals surface area (Å²) in [6, 6.07) is 31.1. The van der Waals surface area contributed by atoms with Crippen LogP contribution < -0.4 is 40.1 Å². The van der Waals surface area contributed by atoms with Crippen LogP contribution in [0.5, 0.6) is 23.0 Å². The number of carboxylic acid groups (broad SMARTS) is 2. The van der Waals surface area contributed by atoms with Crippen molar-refractivity contribution in [2.24, 2.45) is 0 Å². The molecule has 14 nitrogen and oxygen atoms in total. The molecule has 0 aromatic heterocycles. The van der Waals surface area contributed by atoms with Crippen LogP contribution in [0.2, 0.25) is 0 Å². The minimum atomic E-state index is -1.20. The van der Waals surface area contributed by atoms with Crippen LogP contribution >= 0.6 is 0 Å². The van der Waals surface area contributed by atoms with Crippen LogP contribution in [0.15, 0.2) is 109 Å². The van der Waals surface area contributed by atoms with Gasteiger partial charge in [-0.25, -0.2) is 9.59 Å². The summed E-state index contributed by atoms with van der Waals surface area (Å²) in [7, 11) is 12.7. The number of likely N-dealkylation sites (N-methyl/N-ethyl adjacent to an activating group) is 2. The SMILES string of the molecule is CN(C(=O)N[C@H](CC(=O)[O-])C[N+](C)(C)C)c1ccc(Oc2ccccc2)cc1.CN(C)C[C@@H](CC(=O)[O-])NC(=O)N(C)c1ccc(Oc2ccccc2)cc1. The normalized spacial score (nSPS) is 11.9. The number of para-hydroxylation sites is 2. The number of carboxylic acids is 2. The summed E-state index contributed by atoms with van der Waals surface area (Å²) in [6.45, 7) is 0.870. The van der Waals surface area contributed by atoms with Gasteiger partial charge < -0.3 is 49.3 Å². The Labute approximate surface area is 323 Å². The van der Waals surface area contributed by atoms with Gasteiger partial charge in [-0.2, -0.15) is 0 Å². The third-order valence-electron chi connectivity index (χ3n) is 7.85. The molecule has 2 atom stereocenters. The Morgan fingerprint density at radius 2 is 0.909 bits per heavy atom. The molecule has 4 amide bonds. The van der Waals surface area contributed by atoms with Crippen LogP contribution in [0.4, 0.5) is 21.0 Å². The predicted molar refractivity (Wildman–Crippen MR) is 208 cm³/mol. The van der Waals surface area contributed by atoms with Gasteiger partial charge in [0.15, 0.2) is 0 Å². The zero-order chi connectivity index (χ0) is 40.5. The molecule has 0 unspecified atom stereocenters. The average Bonchev–Trinajstić information content (AvgIpc) is 3.11. The summed E-state index contributed by atoms with van der Waals surface area (Å²) >= 11 is 0. The molecule has 0 spiro atoms. The number of hydrogen-bond acceptors (Lipinski definition) is 9. The second-order valence-electron chi connectivity index (χ2n) is 14.1. The van der Waals surface area contributed by atoms with E-state index >= 15 is 0 Å². The van der Waals surface area contributed by atoms with E-state index in [1.54, 1.807) is 62.6 Å². The van der Waals surface area contributed by atoms with E-state index in [2.05, 4.69) is 10.6 Å². The minimum absolute atomic E-state index is 0.237. The molecule has 2 N–H and O–H groups in total.